The lowest BCUT2D eigenvalue weighted by Crippen LogP contribution is -1.84. The van der Waals surface area contributed by atoms with Gasteiger partial charge < -0.3 is 9.15 Å². The van der Waals surface area contributed by atoms with Crippen LogP contribution >= 0.6 is 23.5 Å². The zero-order valence-corrected chi connectivity index (χ0v) is 12.7. The first-order valence-corrected chi connectivity index (χ1v) is 8.21. The van der Waals surface area contributed by atoms with E-state index in [-0.39, 0.29) is 0 Å². The number of benzene rings is 1. The maximum atomic E-state index is 5.78. The van der Waals surface area contributed by atoms with Crippen molar-refractivity contribution in [3.63, 3.8) is 0 Å². The molecule has 2 heterocycles. The Morgan fingerprint density at radius 3 is 3.20 bits per heavy atom. The summed E-state index contributed by atoms with van der Waals surface area (Å²) in [5.41, 5.74) is 0.973. The van der Waals surface area contributed by atoms with Crippen LogP contribution in [0.5, 0.6) is 5.75 Å². The molecule has 2 aromatic rings. The van der Waals surface area contributed by atoms with Gasteiger partial charge >= 0.3 is 0 Å². The molecule has 0 fully saturated rings. The van der Waals surface area contributed by atoms with Crippen molar-refractivity contribution < 1.29 is 9.15 Å². The Kier molecular flexibility index (Phi) is 4.32. The van der Waals surface area contributed by atoms with E-state index in [4.69, 9.17) is 9.15 Å². The Morgan fingerprint density at radius 1 is 1.45 bits per heavy atom. The van der Waals surface area contributed by atoms with Crippen molar-refractivity contribution in [3.05, 3.63) is 36.4 Å². The topological polar surface area (TPSA) is 47.6 Å². The molecular weight excluding hydrogens is 292 g/mol. The maximum Gasteiger partial charge on any atom is 0.205 e. The summed E-state index contributed by atoms with van der Waals surface area (Å²) in [4.78, 5) is 8.71. The third-order valence-electron chi connectivity index (χ3n) is 2.78. The van der Waals surface area contributed by atoms with Gasteiger partial charge in [0.2, 0.25) is 5.89 Å². The van der Waals surface area contributed by atoms with E-state index >= 15 is 0 Å². The monoisotopic (exact) mass is 306 g/mol. The lowest BCUT2D eigenvalue weighted by Gasteiger charge is -2.01. The average molecular weight is 306 g/mol. The van der Waals surface area contributed by atoms with Gasteiger partial charge in [-0.05, 0) is 12.1 Å². The van der Waals surface area contributed by atoms with E-state index < -0.39 is 0 Å². The molecule has 0 amide bonds. The van der Waals surface area contributed by atoms with Gasteiger partial charge in [0.25, 0.3) is 0 Å². The van der Waals surface area contributed by atoms with E-state index in [1.807, 2.05) is 24.3 Å². The Balaban J connectivity index is 1.69. The van der Waals surface area contributed by atoms with Gasteiger partial charge in [0.05, 0.1) is 25.6 Å². The molecule has 3 rings (SSSR count). The maximum absolute atomic E-state index is 5.78. The molecule has 0 N–H and O–H groups in total. The normalized spacial score (nSPS) is 14.3. The minimum absolute atomic E-state index is 0.718. The fraction of sp³-hybridized carbons (Fsp3) is 0.286. The van der Waals surface area contributed by atoms with E-state index in [0.717, 1.165) is 45.4 Å². The van der Waals surface area contributed by atoms with Gasteiger partial charge in [-0.2, -0.15) is 0 Å². The Labute approximate surface area is 126 Å². The number of thioether (sulfide) groups is 2. The van der Waals surface area contributed by atoms with Crippen molar-refractivity contribution in [1.29, 1.82) is 0 Å². The van der Waals surface area contributed by atoms with Crippen LogP contribution in [-0.2, 0) is 5.75 Å². The predicted molar refractivity (Wildman–Crippen MR) is 84.5 cm³/mol. The van der Waals surface area contributed by atoms with E-state index in [0.29, 0.717) is 0 Å². The standard InChI is InChI=1S/C14H14N2O2S2/c1-17-11-4-2-3-10(7-11)12-8-16-13(18-12)9-20-14-15-5-6-19-14/h2-4,7-8H,5-6,9H2,1H3. The molecule has 0 spiro atoms. The highest BCUT2D eigenvalue weighted by Gasteiger charge is 2.11. The van der Waals surface area contributed by atoms with E-state index in [2.05, 4.69) is 9.98 Å². The number of hydrogen-bond acceptors (Lipinski definition) is 6. The van der Waals surface area contributed by atoms with Gasteiger partial charge in [-0.3, -0.25) is 4.99 Å². The quantitative estimate of drug-likeness (QED) is 0.862. The van der Waals surface area contributed by atoms with Crippen LogP contribution in [0.25, 0.3) is 11.3 Å². The van der Waals surface area contributed by atoms with Crippen molar-refractivity contribution in [1.82, 2.24) is 4.98 Å². The molecular formula is C14H14N2O2S2. The number of ether oxygens (including phenoxy) is 1. The van der Waals surface area contributed by atoms with Crippen LogP contribution in [0.15, 0.2) is 39.9 Å². The summed E-state index contributed by atoms with van der Waals surface area (Å²) in [7, 11) is 1.65. The van der Waals surface area contributed by atoms with Gasteiger partial charge in [-0.25, -0.2) is 4.98 Å². The molecule has 6 heteroatoms. The van der Waals surface area contributed by atoms with Crippen LogP contribution in [0.2, 0.25) is 0 Å². The van der Waals surface area contributed by atoms with Gasteiger partial charge in [-0.1, -0.05) is 35.7 Å². The molecule has 0 atom stereocenters. The highest BCUT2D eigenvalue weighted by molar-refractivity contribution is 8.38. The van der Waals surface area contributed by atoms with Crippen molar-refractivity contribution in [2.75, 3.05) is 19.4 Å². The van der Waals surface area contributed by atoms with Gasteiger partial charge in [0.1, 0.15) is 10.1 Å². The summed E-state index contributed by atoms with van der Waals surface area (Å²) < 4.78 is 12.1. The number of hydrogen-bond donors (Lipinski definition) is 0. The van der Waals surface area contributed by atoms with Gasteiger partial charge in [-0.15, -0.1) is 0 Å². The molecule has 1 aliphatic rings. The van der Waals surface area contributed by atoms with Crippen molar-refractivity contribution in [2.45, 2.75) is 5.75 Å². The summed E-state index contributed by atoms with van der Waals surface area (Å²) in [6.07, 6.45) is 1.76. The highest BCUT2D eigenvalue weighted by Crippen LogP contribution is 2.28. The first-order valence-electron chi connectivity index (χ1n) is 6.24. The molecule has 1 aromatic heterocycles. The second-order valence-corrected chi connectivity index (χ2v) is 6.44. The van der Waals surface area contributed by atoms with Gasteiger partial charge in [0, 0.05) is 11.3 Å². The SMILES string of the molecule is COc1cccc(-c2cnc(CSC3=NCCS3)o2)c1. The second-order valence-electron chi connectivity index (χ2n) is 4.13. The summed E-state index contributed by atoms with van der Waals surface area (Å²) in [5, 5.41) is 0. The summed E-state index contributed by atoms with van der Waals surface area (Å²) in [6, 6.07) is 7.77. The van der Waals surface area contributed by atoms with E-state index in [1.165, 1.54) is 0 Å². The Bertz CT molecular complexity index is 625. The first-order chi connectivity index (χ1) is 9.85. The molecule has 104 valence electrons. The van der Waals surface area contributed by atoms with E-state index in [1.54, 1.807) is 36.8 Å². The molecule has 0 aliphatic carbocycles. The summed E-state index contributed by atoms with van der Waals surface area (Å²) >= 11 is 3.48. The first kappa shape index (κ1) is 13.6. The summed E-state index contributed by atoms with van der Waals surface area (Å²) in [5.74, 6) is 4.11. The number of aromatic nitrogens is 1. The molecule has 1 aromatic carbocycles. The second kappa shape index (κ2) is 6.37. The third-order valence-corrected chi connectivity index (χ3v) is 5.02. The summed E-state index contributed by atoms with van der Waals surface area (Å²) in [6.45, 7) is 0.924. The molecule has 4 nitrogen and oxygen atoms in total. The zero-order chi connectivity index (χ0) is 13.8. The number of rotatable bonds is 4. The van der Waals surface area contributed by atoms with Crippen LogP contribution in [0.3, 0.4) is 0 Å². The van der Waals surface area contributed by atoms with Crippen molar-refractivity contribution >= 4 is 27.9 Å². The third kappa shape index (κ3) is 3.19. The van der Waals surface area contributed by atoms with Crippen molar-refractivity contribution in [2.24, 2.45) is 4.99 Å². The van der Waals surface area contributed by atoms with E-state index in [9.17, 15) is 0 Å². The van der Waals surface area contributed by atoms with Crippen molar-refractivity contribution in [3.8, 4) is 17.1 Å². The number of oxazole rings is 1. The largest absolute Gasteiger partial charge is 0.497 e. The lowest BCUT2D eigenvalue weighted by atomic mass is 10.2. The van der Waals surface area contributed by atoms with Crippen LogP contribution in [0.1, 0.15) is 5.89 Å². The highest BCUT2D eigenvalue weighted by atomic mass is 32.2. The Morgan fingerprint density at radius 2 is 2.40 bits per heavy atom. The molecule has 1 aliphatic heterocycles. The molecule has 0 saturated carbocycles. The number of methoxy groups -OCH3 is 1. The molecule has 20 heavy (non-hydrogen) atoms. The smallest absolute Gasteiger partial charge is 0.205 e. The van der Waals surface area contributed by atoms with Crippen LogP contribution in [0, 0.1) is 0 Å². The molecule has 0 saturated heterocycles. The van der Waals surface area contributed by atoms with Crippen LogP contribution < -0.4 is 4.74 Å². The fourth-order valence-corrected chi connectivity index (χ4v) is 3.68. The number of aliphatic imine (C=N–C) groups is 1. The Hall–Kier alpha value is -1.40. The zero-order valence-electron chi connectivity index (χ0n) is 11.0. The molecule has 0 unspecified atom stereocenters. The van der Waals surface area contributed by atoms with Gasteiger partial charge in [0.15, 0.2) is 5.76 Å². The minimum atomic E-state index is 0.718. The molecule has 0 bridgehead atoms. The predicted octanol–water partition coefficient (Wildman–Crippen LogP) is 3.69. The number of nitrogens with zero attached hydrogens (tertiary/aromatic N) is 2. The molecule has 0 radical (unpaired) electrons. The average Bonchev–Trinajstić information content (AvgIpc) is 3.16. The minimum Gasteiger partial charge on any atom is -0.497 e. The van der Waals surface area contributed by atoms with Crippen LogP contribution in [0.4, 0.5) is 0 Å². The lowest BCUT2D eigenvalue weighted by molar-refractivity contribution is 0.414. The van der Waals surface area contributed by atoms with Crippen LogP contribution in [-0.4, -0.2) is 28.8 Å². The fourth-order valence-electron chi connectivity index (χ4n) is 1.81.